The molecule has 3 rings (SSSR count). The van der Waals surface area contributed by atoms with Gasteiger partial charge in [-0.1, -0.05) is 6.07 Å². The van der Waals surface area contributed by atoms with Crippen molar-refractivity contribution >= 4 is 11.7 Å². The number of nitrogens with one attached hydrogen (secondary N) is 1. The lowest BCUT2D eigenvalue weighted by Crippen LogP contribution is -2.20. The molecule has 106 valence electrons. The van der Waals surface area contributed by atoms with Crippen LogP contribution in [0.5, 0.6) is 0 Å². The number of pyridine rings is 1. The normalized spacial score (nSPS) is 10.5. The molecular weight excluding hydrogens is 268 g/mol. The predicted octanol–water partition coefficient (Wildman–Crippen LogP) is 1.41. The summed E-state index contributed by atoms with van der Waals surface area (Å²) < 4.78 is 3.31. The maximum atomic E-state index is 12.1. The Labute approximate surface area is 121 Å². The van der Waals surface area contributed by atoms with Gasteiger partial charge in [0, 0.05) is 24.7 Å². The lowest BCUT2D eigenvalue weighted by molar-refractivity contribution is -0.116. The van der Waals surface area contributed by atoms with Crippen molar-refractivity contribution in [3.05, 3.63) is 54.9 Å². The fourth-order valence-electron chi connectivity index (χ4n) is 1.97. The quantitative estimate of drug-likeness (QED) is 0.785. The minimum Gasteiger partial charge on any atom is -0.328 e. The molecule has 0 spiro atoms. The van der Waals surface area contributed by atoms with Crippen LogP contribution >= 0.6 is 0 Å². The number of amides is 1. The summed E-state index contributed by atoms with van der Waals surface area (Å²) in [6.45, 7) is 2.07. The first kappa shape index (κ1) is 13.0. The summed E-state index contributed by atoms with van der Waals surface area (Å²) >= 11 is 0. The first-order chi connectivity index (χ1) is 10.2. The number of aromatic nitrogens is 5. The van der Waals surface area contributed by atoms with E-state index >= 15 is 0 Å². The van der Waals surface area contributed by atoms with Gasteiger partial charge in [0.2, 0.25) is 5.91 Å². The zero-order valence-electron chi connectivity index (χ0n) is 11.5. The first-order valence-corrected chi connectivity index (χ1v) is 6.46. The van der Waals surface area contributed by atoms with Crippen molar-refractivity contribution in [1.29, 1.82) is 0 Å². The average molecular weight is 282 g/mol. The van der Waals surface area contributed by atoms with Crippen LogP contribution in [0.4, 0.5) is 5.82 Å². The highest BCUT2D eigenvalue weighted by Crippen LogP contribution is 2.15. The van der Waals surface area contributed by atoms with Gasteiger partial charge in [0.05, 0.1) is 12.0 Å². The number of aryl methyl sites for hydroxylation is 1. The summed E-state index contributed by atoms with van der Waals surface area (Å²) in [5.41, 5.74) is 0.804. The van der Waals surface area contributed by atoms with Gasteiger partial charge in [-0.3, -0.25) is 4.79 Å². The van der Waals surface area contributed by atoms with Crippen LogP contribution in [0, 0.1) is 6.92 Å². The molecule has 0 saturated heterocycles. The standard InChI is InChI=1S/C14H14N6O/c1-11-8-13(17-14(21)9-19-7-6-15-10-19)20(18-11)12-4-2-3-5-16-12/h2-8,10H,9H2,1H3,(H,17,21). The third-order valence-electron chi connectivity index (χ3n) is 2.85. The monoisotopic (exact) mass is 282 g/mol. The Kier molecular flexibility index (Phi) is 3.46. The van der Waals surface area contributed by atoms with E-state index in [0.717, 1.165) is 5.69 Å². The van der Waals surface area contributed by atoms with Gasteiger partial charge >= 0.3 is 0 Å². The third kappa shape index (κ3) is 2.97. The molecule has 3 aromatic heterocycles. The Hall–Kier alpha value is -2.96. The summed E-state index contributed by atoms with van der Waals surface area (Å²) in [4.78, 5) is 20.2. The number of carbonyl (C=O) groups is 1. The molecule has 0 aromatic carbocycles. The van der Waals surface area contributed by atoms with E-state index in [1.165, 1.54) is 0 Å². The van der Waals surface area contributed by atoms with Crippen LogP contribution in [0.1, 0.15) is 5.69 Å². The second-order valence-electron chi connectivity index (χ2n) is 4.55. The molecule has 0 unspecified atom stereocenters. The van der Waals surface area contributed by atoms with E-state index in [-0.39, 0.29) is 12.5 Å². The molecule has 0 saturated carbocycles. The summed E-state index contributed by atoms with van der Waals surface area (Å²) in [6.07, 6.45) is 6.65. The zero-order chi connectivity index (χ0) is 14.7. The van der Waals surface area contributed by atoms with Gasteiger partial charge in [0.25, 0.3) is 0 Å². The molecule has 1 amide bonds. The highest BCUT2D eigenvalue weighted by Gasteiger charge is 2.11. The van der Waals surface area contributed by atoms with Gasteiger partial charge in [0.15, 0.2) is 5.82 Å². The molecule has 0 atom stereocenters. The minimum atomic E-state index is -0.148. The first-order valence-electron chi connectivity index (χ1n) is 6.46. The number of anilines is 1. The molecule has 0 aliphatic carbocycles. The summed E-state index contributed by atoms with van der Waals surface area (Å²) in [6, 6.07) is 7.34. The van der Waals surface area contributed by atoms with E-state index in [4.69, 9.17) is 0 Å². The second kappa shape index (κ2) is 5.58. The molecule has 21 heavy (non-hydrogen) atoms. The molecule has 0 aliphatic rings. The van der Waals surface area contributed by atoms with E-state index in [1.54, 1.807) is 40.2 Å². The van der Waals surface area contributed by atoms with Gasteiger partial charge < -0.3 is 9.88 Å². The topological polar surface area (TPSA) is 77.6 Å². The van der Waals surface area contributed by atoms with Crippen LogP contribution < -0.4 is 5.32 Å². The fourth-order valence-corrected chi connectivity index (χ4v) is 1.97. The van der Waals surface area contributed by atoms with Crippen molar-refractivity contribution in [2.45, 2.75) is 13.5 Å². The minimum absolute atomic E-state index is 0.148. The van der Waals surface area contributed by atoms with Gasteiger partial charge in [-0.25, -0.2) is 9.97 Å². The molecule has 0 fully saturated rings. The van der Waals surface area contributed by atoms with E-state index in [2.05, 4.69) is 20.4 Å². The van der Waals surface area contributed by atoms with E-state index in [9.17, 15) is 4.79 Å². The molecular formula is C14H14N6O. The Balaban J connectivity index is 1.81. The van der Waals surface area contributed by atoms with Crippen LogP contribution in [-0.4, -0.2) is 30.2 Å². The van der Waals surface area contributed by atoms with Crippen LogP contribution in [0.25, 0.3) is 5.82 Å². The zero-order valence-corrected chi connectivity index (χ0v) is 11.5. The Bertz CT molecular complexity index is 732. The van der Waals surface area contributed by atoms with Crippen LogP contribution in [0.2, 0.25) is 0 Å². The molecule has 1 N–H and O–H groups in total. The van der Waals surface area contributed by atoms with Crippen LogP contribution in [0.3, 0.4) is 0 Å². The SMILES string of the molecule is Cc1cc(NC(=O)Cn2ccnc2)n(-c2ccccn2)n1. The van der Waals surface area contributed by atoms with Crippen LogP contribution in [-0.2, 0) is 11.3 Å². The Morgan fingerprint density at radius 3 is 2.95 bits per heavy atom. The van der Waals surface area contributed by atoms with Crippen molar-refractivity contribution in [2.24, 2.45) is 0 Å². The molecule has 7 nitrogen and oxygen atoms in total. The summed E-state index contributed by atoms with van der Waals surface area (Å²) in [5.74, 6) is 1.10. The molecule has 3 aromatic rings. The fraction of sp³-hybridized carbons (Fsp3) is 0.143. The number of hydrogen-bond acceptors (Lipinski definition) is 4. The van der Waals surface area contributed by atoms with Crippen molar-refractivity contribution in [3.8, 4) is 5.82 Å². The Morgan fingerprint density at radius 2 is 2.24 bits per heavy atom. The van der Waals surface area contributed by atoms with Gasteiger partial charge in [0.1, 0.15) is 12.4 Å². The maximum absolute atomic E-state index is 12.1. The number of imidazole rings is 1. The highest BCUT2D eigenvalue weighted by molar-refractivity contribution is 5.90. The predicted molar refractivity (Wildman–Crippen MR) is 77.0 cm³/mol. The number of hydrogen-bond donors (Lipinski definition) is 1. The highest BCUT2D eigenvalue weighted by atomic mass is 16.2. The Morgan fingerprint density at radius 1 is 1.33 bits per heavy atom. The van der Waals surface area contributed by atoms with Crippen molar-refractivity contribution in [3.63, 3.8) is 0 Å². The second-order valence-corrected chi connectivity index (χ2v) is 4.55. The van der Waals surface area contributed by atoms with E-state index < -0.39 is 0 Å². The van der Waals surface area contributed by atoms with Crippen molar-refractivity contribution < 1.29 is 4.79 Å². The molecule has 0 radical (unpaired) electrons. The summed E-state index contributed by atoms with van der Waals surface area (Å²) in [5, 5.41) is 7.19. The molecule has 7 heteroatoms. The summed E-state index contributed by atoms with van der Waals surface area (Å²) in [7, 11) is 0. The number of nitrogens with zero attached hydrogens (tertiary/aromatic N) is 5. The van der Waals surface area contributed by atoms with Crippen molar-refractivity contribution in [2.75, 3.05) is 5.32 Å². The number of rotatable bonds is 4. The van der Waals surface area contributed by atoms with E-state index in [0.29, 0.717) is 11.6 Å². The average Bonchev–Trinajstić information content (AvgIpc) is 3.09. The lowest BCUT2D eigenvalue weighted by atomic mass is 10.4. The van der Waals surface area contributed by atoms with E-state index in [1.807, 2.05) is 25.1 Å². The van der Waals surface area contributed by atoms with Gasteiger partial charge in [-0.2, -0.15) is 9.78 Å². The van der Waals surface area contributed by atoms with Gasteiger partial charge in [-0.05, 0) is 19.1 Å². The largest absolute Gasteiger partial charge is 0.328 e. The lowest BCUT2D eigenvalue weighted by Gasteiger charge is -2.08. The van der Waals surface area contributed by atoms with Gasteiger partial charge in [-0.15, -0.1) is 0 Å². The number of carbonyl (C=O) groups excluding carboxylic acids is 1. The van der Waals surface area contributed by atoms with Crippen LogP contribution in [0.15, 0.2) is 49.2 Å². The maximum Gasteiger partial charge on any atom is 0.245 e. The van der Waals surface area contributed by atoms with Crippen molar-refractivity contribution in [1.82, 2.24) is 24.3 Å². The molecule has 0 aliphatic heterocycles. The third-order valence-corrected chi connectivity index (χ3v) is 2.85. The molecule has 0 bridgehead atoms. The molecule has 3 heterocycles. The smallest absolute Gasteiger partial charge is 0.245 e.